The molecule has 0 amide bonds. The summed E-state index contributed by atoms with van der Waals surface area (Å²) in [5, 5.41) is 7.56. The maximum Gasteiger partial charge on any atom is 0.0582 e. The average Bonchev–Trinajstić information content (AvgIpc) is 2.76. The van der Waals surface area contributed by atoms with E-state index in [1.807, 2.05) is 23.0 Å². The number of benzene rings is 1. The van der Waals surface area contributed by atoms with Gasteiger partial charge in [0.2, 0.25) is 0 Å². The van der Waals surface area contributed by atoms with Crippen molar-refractivity contribution in [2.45, 2.75) is 13.5 Å². The van der Waals surface area contributed by atoms with Crippen LogP contribution in [0.2, 0.25) is 0 Å². The van der Waals surface area contributed by atoms with Gasteiger partial charge in [0.15, 0.2) is 0 Å². The summed E-state index contributed by atoms with van der Waals surface area (Å²) >= 11 is 3.47. The molecule has 0 radical (unpaired) electrons. The minimum absolute atomic E-state index is 0.874. The second kappa shape index (κ2) is 5.16. The van der Waals surface area contributed by atoms with E-state index in [-0.39, 0.29) is 0 Å². The van der Waals surface area contributed by atoms with Crippen molar-refractivity contribution in [3.8, 4) is 0 Å². The molecule has 0 saturated carbocycles. The summed E-state index contributed by atoms with van der Waals surface area (Å²) in [7, 11) is 0. The Bertz CT molecular complexity index is 451. The zero-order valence-corrected chi connectivity index (χ0v) is 10.7. The first-order valence-corrected chi connectivity index (χ1v) is 6.02. The topological polar surface area (TPSA) is 29.9 Å². The Morgan fingerprint density at radius 1 is 1.44 bits per heavy atom. The molecule has 0 atom stereocenters. The van der Waals surface area contributed by atoms with Gasteiger partial charge in [0.25, 0.3) is 0 Å². The number of aromatic nitrogens is 2. The van der Waals surface area contributed by atoms with E-state index in [4.69, 9.17) is 0 Å². The Hall–Kier alpha value is -1.29. The quantitative estimate of drug-likeness (QED) is 0.932. The first-order valence-electron chi connectivity index (χ1n) is 5.23. The van der Waals surface area contributed by atoms with E-state index in [0.717, 1.165) is 17.6 Å². The molecule has 1 heterocycles. The smallest absolute Gasteiger partial charge is 0.0582 e. The second-order valence-corrected chi connectivity index (χ2v) is 4.57. The molecule has 0 aliphatic rings. The Labute approximate surface area is 104 Å². The lowest BCUT2D eigenvalue weighted by Crippen LogP contribution is -2.11. The maximum atomic E-state index is 4.15. The largest absolute Gasteiger partial charge is 0.383 e. The van der Waals surface area contributed by atoms with Crippen LogP contribution >= 0.6 is 15.9 Å². The lowest BCUT2D eigenvalue weighted by molar-refractivity contribution is 0.637. The number of anilines is 1. The predicted molar refractivity (Wildman–Crippen MR) is 69.6 cm³/mol. The van der Waals surface area contributed by atoms with Crippen LogP contribution in [-0.2, 0) is 6.54 Å². The lowest BCUT2D eigenvalue weighted by Gasteiger charge is -2.09. The fourth-order valence-electron chi connectivity index (χ4n) is 1.52. The summed E-state index contributed by atoms with van der Waals surface area (Å²) in [4.78, 5) is 0. The minimum atomic E-state index is 0.874. The molecule has 0 aliphatic carbocycles. The molecule has 84 valence electrons. The van der Waals surface area contributed by atoms with Gasteiger partial charge in [0.1, 0.15) is 0 Å². The molecule has 0 bridgehead atoms. The van der Waals surface area contributed by atoms with Gasteiger partial charge in [-0.05, 0) is 30.7 Å². The van der Waals surface area contributed by atoms with Crippen molar-refractivity contribution in [2.24, 2.45) is 0 Å². The molecule has 2 rings (SSSR count). The summed E-state index contributed by atoms with van der Waals surface area (Å²) in [5.74, 6) is 0. The van der Waals surface area contributed by atoms with Crippen molar-refractivity contribution in [1.29, 1.82) is 0 Å². The van der Waals surface area contributed by atoms with Crippen LogP contribution in [-0.4, -0.2) is 16.3 Å². The van der Waals surface area contributed by atoms with E-state index in [1.165, 1.54) is 11.3 Å². The van der Waals surface area contributed by atoms with E-state index >= 15 is 0 Å². The first kappa shape index (κ1) is 11.2. The van der Waals surface area contributed by atoms with E-state index in [9.17, 15) is 0 Å². The van der Waals surface area contributed by atoms with Crippen LogP contribution in [0.3, 0.4) is 0 Å². The summed E-state index contributed by atoms with van der Waals surface area (Å²) in [5.41, 5.74) is 2.42. The number of hydrogen-bond acceptors (Lipinski definition) is 2. The highest BCUT2D eigenvalue weighted by atomic mass is 79.9. The molecule has 16 heavy (non-hydrogen) atoms. The van der Waals surface area contributed by atoms with Gasteiger partial charge in [-0.15, -0.1) is 0 Å². The molecule has 0 fully saturated rings. The Balaban J connectivity index is 1.92. The Morgan fingerprint density at radius 2 is 2.31 bits per heavy atom. The molecule has 2 aromatic rings. The third-order valence-corrected chi connectivity index (χ3v) is 2.91. The SMILES string of the molecule is Cc1ccc(Br)cc1NCCn1cccn1. The fraction of sp³-hybridized carbons (Fsp3) is 0.250. The summed E-state index contributed by atoms with van der Waals surface area (Å²) in [6, 6.07) is 8.18. The highest BCUT2D eigenvalue weighted by Gasteiger charge is 1.98. The van der Waals surface area contributed by atoms with E-state index in [1.54, 1.807) is 6.20 Å². The number of nitrogens with one attached hydrogen (secondary N) is 1. The van der Waals surface area contributed by atoms with Crippen molar-refractivity contribution in [3.63, 3.8) is 0 Å². The Kier molecular flexibility index (Phi) is 3.62. The van der Waals surface area contributed by atoms with Gasteiger partial charge in [-0.25, -0.2) is 0 Å². The molecule has 1 aromatic carbocycles. The van der Waals surface area contributed by atoms with Gasteiger partial charge in [-0.2, -0.15) is 5.10 Å². The van der Waals surface area contributed by atoms with Crippen LogP contribution in [0.25, 0.3) is 0 Å². The molecular weight excluding hydrogens is 266 g/mol. The van der Waals surface area contributed by atoms with Gasteiger partial charge in [0.05, 0.1) is 6.54 Å². The fourth-order valence-corrected chi connectivity index (χ4v) is 1.88. The molecular formula is C12H14BrN3. The van der Waals surface area contributed by atoms with Gasteiger partial charge < -0.3 is 5.32 Å². The normalized spacial score (nSPS) is 10.4. The number of nitrogens with zero attached hydrogens (tertiary/aromatic N) is 2. The standard InChI is InChI=1S/C12H14BrN3/c1-10-3-4-11(13)9-12(10)14-6-8-16-7-2-5-15-16/h2-5,7,9,14H,6,8H2,1H3. The average molecular weight is 280 g/mol. The molecule has 1 aromatic heterocycles. The van der Waals surface area contributed by atoms with Crippen LogP contribution in [0.4, 0.5) is 5.69 Å². The number of aryl methyl sites for hydroxylation is 1. The van der Waals surface area contributed by atoms with Crippen LogP contribution in [0.15, 0.2) is 41.1 Å². The molecule has 4 heteroatoms. The molecule has 0 spiro atoms. The lowest BCUT2D eigenvalue weighted by atomic mass is 10.2. The van der Waals surface area contributed by atoms with Gasteiger partial charge in [-0.3, -0.25) is 4.68 Å². The Morgan fingerprint density at radius 3 is 3.06 bits per heavy atom. The number of halogens is 1. The number of hydrogen-bond donors (Lipinski definition) is 1. The van der Waals surface area contributed by atoms with Crippen LogP contribution < -0.4 is 5.32 Å². The molecule has 3 nitrogen and oxygen atoms in total. The molecule has 0 aliphatic heterocycles. The number of rotatable bonds is 4. The minimum Gasteiger partial charge on any atom is -0.383 e. The highest BCUT2D eigenvalue weighted by Crippen LogP contribution is 2.20. The summed E-state index contributed by atoms with van der Waals surface area (Å²) < 4.78 is 3.01. The zero-order chi connectivity index (χ0) is 11.4. The van der Waals surface area contributed by atoms with Crippen LogP contribution in [0.1, 0.15) is 5.56 Å². The van der Waals surface area contributed by atoms with Gasteiger partial charge >= 0.3 is 0 Å². The van der Waals surface area contributed by atoms with Crippen molar-refractivity contribution in [3.05, 3.63) is 46.7 Å². The van der Waals surface area contributed by atoms with Gasteiger partial charge in [-0.1, -0.05) is 22.0 Å². The van der Waals surface area contributed by atoms with E-state index in [0.29, 0.717) is 0 Å². The summed E-state index contributed by atoms with van der Waals surface area (Å²) in [6.07, 6.45) is 3.76. The predicted octanol–water partition coefficient (Wildman–Crippen LogP) is 3.07. The third-order valence-electron chi connectivity index (χ3n) is 2.42. The van der Waals surface area contributed by atoms with Crippen LogP contribution in [0, 0.1) is 6.92 Å². The van der Waals surface area contributed by atoms with Gasteiger partial charge in [0, 0.05) is 29.1 Å². The van der Waals surface area contributed by atoms with E-state index in [2.05, 4.69) is 45.4 Å². The maximum absolute atomic E-state index is 4.15. The second-order valence-electron chi connectivity index (χ2n) is 3.66. The first-order chi connectivity index (χ1) is 7.75. The zero-order valence-electron chi connectivity index (χ0n) is 9.15. The molecule has 1 N–H and O–H groups in total. The monoisotopic (exact) mass is 279 g/mol. The van der Waals surface area contributed by atoms with Crippen molar-refractivity contribution in [2.75, 3.05) is 11.9 Å². The highest BCUT2D eigenvalue weighted by molar-refractivity contribution is 9.10. The molecule has 0 saturated heterocycles. The third kappa shape index (κ3) is 2.85. The molecule has 0 unspecified atom stereocenters. The van der Waals surface area contributed by atoms with Crippen molar-refractivity contribution < 1.29 is 0 Å². The van der Waals surface area contributed by atoms with Crippen molar-refractivity contribution >= 4 is 21.6 Å². The van der Waals surface area contributed by atoms with E-state index < -0.39 is 0 Å². The summed E-state index contributed by atoms with van der Waals surface area (Å²) in [6.45, 7) is 3.85. The van der Waals surface area contributed by atoms with Crippen molar-refractivity contribution in [1.82, 2.24) is 9.78 Å². The van der Waals surface area contributed by atoms with Crippen LogP contribution in [0.5, 0.6) is 0 Å².